The van der Waals surface area contributed by atoms with Crippen LogP contribution in [0.1, 0.15) is 24.0 Å². The van der Waals surface area contributed by atoms with E-state index >= 15 is 0 Å². The van der Waals surface area contributed by atoms with Crippen molar-refractivity contribution >= 4 is 0 Å². The highest BCUT2D eigenvalue weighted by atomic mass is 19.1. The van der Waals surface area contributed by atoms with Gasteiger partial charge in [-0.05, 0) is 17.2 Å². The fourth-order valence-corrected chi connectivity index (χ4v) is 1.70. The van der Waals surface area contributed by atoms with Gasteiger partial charge in [0.2, 0.25) is 0 Å². The molecule has 2 rings (SSSR count). The summed E-state index contributed by atoms with van der Waals surface area (Å²) >= 11 is 0. The van der Waals surface area contributed by atoms with Gasteiger partial charge in [0.25, 0.3) is 0 Å². The van der Waals surface area contributed by atoms with Crippen molar-refractivity contribution < 1.29 is 14.2 Å². The lowest BCUT2D eigenvalue weighted by molar-refractivity contribution is 0.270. The number of hydrogen-bond donors (Lipinski definition) is 1. The van der Waals surface area contributed by atoms with E-state index in [4.69, 9.17) is 9.84 Å². The molecule has 1 unspecified atom stereocenters. The maximum Gasteiger partial charge on any atom is 0.130 e. The molecule has 0 amide bonds. The zero-order valence-electron chi connectivity index (χ0n) is 8.09. The van der Waals surface area contributed by atoms with E-state index in [0.29, 0.717) is 17.9 Å². The van der Waals surface area contributed by atoms with Crippen molar-refractivity contribution in [2.75, 3.05) is 13.2 Å². The Hall–Kier alpha value is -1.09. The van der Waals surface area contributed by atoms with Crippen LogP contribution in [0, 0.1) is 5.82 Å². The lowest BCUT2D eigenvalue weighted by Gasteiger charge is -2.11. The van der Waals surface area contributed by atoms with E-state index in [1.54, 1.807) is 13.0 Å². The van der Waals surface area contributed by atoms with Crippen LogP contribution in [0.25, 0.3) is 0 Å². The van der Waals surface area contributed by atoms with Gasteiger partial charge in [-0.2, -0.15) is 0 Å². The Morgan fingerprint density at radius 2 is 2.36 bits per heavy atom. The summed E-state index contributed by atoms with van der Waals surface area (Å²) in [7, 11) is 0. The third kappa shape index (κ3) is 1.48. The van der Waals surface area contributed by atoms with E-state index < -0.39 is 0 Å². The maximum atomic E-state index is 13.5. The Morgan fingerprint density at radius 1 is 1.57 bits per heavy atom. The number of fused-ring (bicyclic) bond motifs is 1. The van der Waals surface area contributed by atoms with Crippen molar-refractivity contribution in [2.24, 2.45) is 0 Å². The molecule has 1 aromatic rings. The second kappa shape index (κ2) is 3.58. The van der Waals surface area contributed by atoms with Gasteiger partial charge < -0.3 is 9.84 Å². The van der Waals surface area contributed by atoms with Crippen molar-refractivity contribution in [3.63, 3.8) is 0 Å². The number of hydrogen-bond acceptors (Lipinski definition) is 2. The first-order chi connectivity index (χ1) is 6.72. The van der Waals surface area contributed by atoms with Gasteiger partial charge >= 0.3 is 0 Å². The van der Waals surface area contributed by atoms with Gasteiger partial charge in [0.15, 0.2) is 0 Å². The van der Waals surface area contributed by atoms with Crippen molar-refractivity contribution in [1.29, 1.82) is 0 Å². The van der Waals surface area contributed by atoms with Crippen LogP contribution in [0.5, 0.6) is 5.75 Å². The van der Waals surface area contributed by atoms with Gasteiger partial charge in [-0.3, -0.25) is 0 Å². The number of halogens is 1. The summed E-state index contributed by atoms with van der Waals surface area (Å²) in [6.07, 6.45) is 0.834. The third-order valence-electron chi connectivity index (χ3n) is 2.61. The predicted octanol–water partition coefficient (Wildman–Crippen LogP) is 1.86. The molecule has 0 bridgehead atoms. The second-order valence-electron chi connectivity index (χ2n) is 3.66. The molecule has 0 aromatic heterocycles. The Bertz CT molecular complexity index is 349. The summed E-state index contributed by atoms with van der Waals surface area (Å²) in [5, 5.41) is 8.96. The monoisotopic (exact) mass is 196 g/mol. The van der Waals surface area contributed by atoms with Crippen molar-refractivity contribution in [2.45, 2.75) is 19.3 Å². The molecular formula is C11H13FO2. The molecule has 0 aliphatic carbocycles. The molecule has 3 heteroatoms. The summed E-state index contributed by atoms with van der Waals surface area (Å²) in [4.78, 5) is 0. The Labute approximate surface area is 82.3 Å². The number of aliphatic hydroxyl groups excluding tert-OH is 1. The maximum absolute atomic E-state index is 13.5. The summed E-state index contributed by atoms with van der Waals surface area (Å²) in [6, 6.07) is 3.22. The van der Waals surface area contributed by atoms with Crippen LogP contribution in [0.3, 0.4) is 0 Å². The summed E-state index contributed by atoms with van der Waals surface area (Å²) < 4.78 is 18.7. The standard InChI is InChI=1S/C11H13FO2/c1-7(6-13)9-4-8-2-3-14-11(8)5-10(9)12/h4-5,7,13H,2-3,6H2,1H3. The average Bonchev–Trinajstić information content (AvgIpc) is 2.62. The minimum Gasteiger partial charge on any atom is -0.493 e. The van der Waals surface area contributed by atoms with E-state index in [9.17, 15) is 4.39 Å². The molecule has 2 nitrogen and oxygen atoms in total. The van der Waals surface area contributed by atoms with Crippen molar-refractivity contribution in [1.82, 2.24) is 0 Å². The van der Waals surface area contributed by atoms with Gasteiger partial charge in [0.05, 0.1) is 6.61 Å². The molecule has 0 radical (unpaired) electrons. The molecule has 1 atom stereocenters. The normalized spacial score (nSPS) is 16.2. The molecular weight excluding hydrogens is 183 g/mol. The largest absolute Gasteiger partial charge is 0.493 e. The number of ether oxygens (including phenoxy) is 1. The zero-order valence-corrected chi connectivity index (χ0v) is 8.09. The highest BCUT2D eigenvalue weighted by Crippen LogP contribution is 2.30. The van der Waals surface area contributed by atoms with Crippen LogP contribution in [-0.2, 0) is 6.42 Å². The molecule has 0 fully saturated rings. The quantitative estimate of drug-likeness (QED) is 0.782. The molecule has 1 aliphatic rings. The molecule has 14 heavy (non-hydrogen) atoms. The van der Waals surface area contributed by atoms with Gasteiger partial charge in [-0.25, -0.2) is 4.39 Å². The van der Waals surface area contributed by atoms with E-state index in [2.05, 4.69) is 0 Å². The first-order valence-electron chi connectivity index (χ1n) is 4.78. The molecule has 1 aliphatic heterocycles. The second-order valence-corrected chi connectivity index (χ2v) is 3.66. The average molecular weight is 196 g/mol. The Balaban J connectivity index is 2.42. The third-order valence-corrected chi connectivity index (χ3v) is 2.61. The van der Waals surface area contributed by atoms with E-state index in [-0.39, 0.29) is 18.3 Å². The molecule has 76 valence electrons. The summed E-state index contributed by atoms with van der Waals surface area (Å²) in [6.45, 7) is 2.41. The van der Waals surface area contributed by atoms with Gasteiger partial charge in [0.1, 0.15) is 11.6 Å². The number of benzene rings is 1. The topological polar surface area (TPSA) is 29.5 Å². The molecule has 1 heterocycles. The molecule has 1 N–H and O–H groups in total. The Kier molecular flexibility index (Phi) is 2.42. The Morgan fingerprint density at radius 3 is 3.07 bits per heavy atom. The van der Waals surface area contributed by atoms with Crippen LogP contribution >= 0.6 is 0 Å². The van der Waals surface area contributed by atoms with Crippen LogP contribution in [-0.4, -0.2) is 18.3 Å². The van der Waals surface area contributed by atoms with Crippen LogP contribution in [0.4, 0.5) is 4.39 Å². The van der Waals surface area contributed by atoms with Crippen LogP contribution in [0.15, 0.2) is 12.1 Å². The van der Waals surface area contributed by atoms with E-state index in [0.717, 1.165) is 12.0 Å². The van der Waals surface area contributed by atoms with Gasteiger partial charge in [-0.15, -0.1) is 0 Å². The smallest absolute Gasteiger partial charge is 0.130 e. The number of rotatable bonds is 2. The number of aliphatic hydroxyl groups is 1. The first kappa shape index (κ1) is 9.46. The fraction of sp³-hybridized carbons (Fsp3) is 0.455. The van der Waals surface area contributed by atoms with E-state index in [1.165, 1.54) is 6.07 Å². The molecule has 0 spiro atoms. The zero-order chi connectivity index (χ0) is 10.1. The van der Waals surface area contributed by atoms with Gasteiger partial charge in [0, 0.05) is 25.0 Å². The lowest BCUT2D eigenvalue weighted by Crippen LogP contribution is -2.02. The van der Waals surface area contributed by atoms with Crippen LogP contribution < -0.4 is 4.74 Å². The minimum absolute atomic E-state index is 0.0312. The predicted molar refractivity (Wildman–Crippen MR) is 51.1 cm³/mol. The summed E-state index contributed by atoms with van der Waals surface area (Å²) in [5.41, 5.74) is 1.62. The van der Waals surface area contributed by atoms with Crippen molar-refractivity contribution in [3.8, 4) is 5.75 Å². The lowest BCUT2D eigenvalue weighted by atomic mass is 9.98. The molecule has 0 saturated carbocycles. The fourth-order valence-electron chi connectivity index (χ4n) is 1.70. The summed E-state index contributed by atoms with van der Waals surface area (Å²) in [5.74, 6) is 0.212. The van der Waals surface area contributed by atoms with Crippen LogP contribution in [0.2, 0.25) is 0 Å². The van der Waals surface area contributed by atoms with E-state index in [1.807, 2.05) is 0 Å². The molecule has 1 aromatic carbocycles. The SMILES string of the molecule is CC(CO)c1cc2c(cc1F)OCC2. The van der Waals surface area contributed by atoms with Gasteiger partial charge in [-0.1, -0.05) is 6.92 Å². The minimum atomic E-state index is -0.285. The first-order valence-corrected chi connectivity index (χ1v) is 4.78. The van der Waals surface area contributed by atoms with Crippen molar-refractivity contribution in [3.05, 3.63) is 29.1 Å². The molecule has 0 saturated heterocycles. The highest BCUT2D eigenvalue weighted by molar-refractivity contribution is 5.41. The highest BCUT2D eigenvalue weighted by Gasteiger charge is 2.18.